The van der Waals surface area contributed by atoms with Gasteiger partial charge >= 0.3 is 0 Å². The summed E-state index contributed by atoms with van der Waals surface area (Å²) in [6.07, 6.45) is 1.46. The number of aryl methyl sites for hydroxylation is 2. The van der Waals surface area contributed by atoms with Crippen LogP contribution in [0.4, 0.5) is 10.1 Å². The molecule has 5 nitrogen and oxygen atoms in total. The van der Waals surface area contributed by atoms with Gasteiger partial charge in [-0.3, -0.25) is 4.79 Å². The number of aromatic nitrogens is 1. The molecule has 0 bridgehead atoms. The van der Waals surface area contributed by atoms with Crippen LogP contribution in [-0.2, 0) is 26.9 Å². The first-order valence-corrected chi connectivity index (χ1v) is 11.8. The van der Waals surface area contributed by atoms with E-state index in [9.17, 15) is 17.6 Å². The minimum Gasteiger partial charge on any atom is -0.337 e. The van der Waals surface area contributed by atoms with Gasteiger partial charge in [0.25, 0.3) is 0 Å². The summed E-state index contributed by atoms with van der Waals surface area (Å²) < 4.78 is 42.0. The van der Waals surface area contributed by atoms with Crippen molar-refractivity contribution in [1.82, 2.24) is 4.57 Å². The second kappa shape index (κ2) is 8.59. The van der Waals surface area contributed by atoms with E-state index in [1.165, 1.54) is 24.4 Å². The fraction of sp³-hybridized carbons (Fsp3) is 0.160. The molecule has 0 aliphatic carbocycles. The predicted molar refractivity (Wildman–Crippen MR) is 124 cm³/mol. The molecule has 4 rings (SSSR count). The maximum absolute atomic E-state index is 14.1. The Labute approximate surface area is 186 Å². The molecule has 0 unspecified atom stereocenters. The highest BCUT2D eigenvalue weighted by Gasteiger charge is 2.23. The molecule has 0 saturated heterocycles. The van der Waals surface area contributed by atoms with E-state index in [1.54, 1.807) is 34.9 Å². The van der Waals surface area contributed by atoms with Crippen LogP contribution in [0.3, 0.4) is 0 Å². The fourth-order valence-corrected chi connectivity index (χ4v) is 5.30. The fourth-order valence-electron chi connectivity index (χ4n) is 3.70. The van der Waals surface area contributed by atoms with Gasteiger partial charge in [0.05, 0.1) is 10.6 Å². The van der Waals surface area contributed by atoms with Crippen LogP contribution in [0.5, 0.6) is 0 Å². The maximum Gasteiger partial charge on any atom is 0.244 e. The Morgan fingerprint density at radius 2 is 1.72 bits per heavy atom. The van der Waals surface area contributed by atoms with Gasteiger partial charge in [0, 0.05) is 28.4 Å². The SMILES string of the molecule is Cc1ccc(C)c(NC(=O)Cn2cc(S(=O)(=O)Cc3ccccc3F)c3ccccc32)c1. The van der Waals surface area contributed by atoms with Gasteiger partial charge in [0.1, 0.15) is 12.4 Å². The van der Waals surface area contributed by atoms with Crippen molar-refractivity contribution >= 4 is 32.3 Å². The van der Waals surface area contributed by atoms with E-state index in [0.717, 1.165) is 16.8 Å². The van der Waals surface area contributed by atoms with Crippen LogP contribution in [-0.4, -0.2) is 18.9 Å². The van der Waals surface area contributed by atoms with Crippen LogP contribution in [0.2, 0.25) is 0 Å². The Morgan fingerprint density at radius 3 is 2.50 bits per heavy atom. The highest BCUT2D eigenvalue weighted by Crippen LogP contribution is 2.29. The average molecular weight is 451 g/mol. The molecule has 32 heavy (non-hydrogen) atoms. The number of para-hydroxylation sites is 1. The van der Waals surface area contributed by atoms with Gasteiger partial charge < -0.3 is 9.88 Å². The van der Waals surface area contributed by atoms with Gasteiger partial charge in [-0.25, -0.2) is 12.8 Å². The van der Waals surface area contributed by atoms with Crippen molar-refractivity contribution in [2.45, 2.75) is 31.0 Å². The summed E-state index contributed by atoms with van der Waals surface area (Å²) in [4.78, 5) is 12.8. The Bertz CT molecular complexity index is 1420. The first-order valence-electron chi connectivity index (χ1n) is 10.2. The van der Waals surface area contributed by atoms with Gasteiger partial charge in [-0.05, 0) is 43.2 Å². The minimum absolute atomic E-state index is 0.0525. The number of nitrogens with zero attached hydrogens (tertiary/aromatic N) is 1. The molecule has 0 aliphatic heterocycles. The molecule has 0 spiro atoms. The molecule has 4 aromatic rings. The Balaban J connectivity index is 1.66. The van der Waals surface area contributed by atoms with Crippen LogP contribution in [0.15, 0.2) is 77.8 Å². The molecule has 0 fully saturated rings. The Morgan fingerprint density at radius 1 is 1.00 bits per heavy atom. The summed E-state index contributed by atoms with van der Waals surface area (Å²) in [5.74, 6) is -1.28. The van der Waals surface area contributed by atoms with Crippen molar-refractivity contribution in [3.05, 3.63) is 95.4 Å². The molecule has 0 radical (unpaired) electrons. The average Bonchev–Trinajstić information content (AvgIpc) is 3.12. The summed E-state index contributed by atoms with van der Waals surface area (Å²) in [6.45, 7) is 3.80. The maximum atomic E-state index is 14.1. The van der Waals surface area contributed by atoms with E-state index in [2.05, 4.69) is 5.32 Å². The second-order valence-corrected chi connectivity index (χ2v) is 9.81. The van der Waals surface area contributed by atoms with Crippen molar-refractivity contribution in [2.24, 2.45) is 0 Å². The first-order chi connectivity index (χ1) is 15.2. The lowest BCUT2D eigenvalue weighted by Gasteiger charge is -2.10. The van der Waals surface area contributed by atoms with E-state index < -0.39 is 21.4 Å². The number of carbonyl (C=O) groups excluding carboxylic acids is 1. The van der Waals surface area contributed by atoms with Crippen LogP contribution >= 0.6 is 0 Å². The zero-order chi connectivity index (χ0) is 22.9. The quantitative estimate of drug-likeness (QED) is 0.449. The first kappa shape index (κ1) is 21.8. The van der Waals surface area contributed by atoms with Crippen LogP contribution in [0, 0.1) is 19.7 Å². The molecule has 1 N–H and O–H groups in total. The zero-order valence-electron chi connectivity index (χ0n) is 17.8. The molecule has 164 valence electrons. The summed E-state index contributed by atoms with van der Waals surface area (Å²) >= 11 is 0. The molecular formula is C25H23FN2O3S. The molecule has 0 saturated carbocycles. The summed E-state index contributed by atoms with van der Waals surface area (Å²) in [6, 6.07) is 18.6. The number of fused-ring (bicyclic) bond motifs is 1. The van der Waals surface area contributed by atoms with E-state index in [-0.39, 0.29) is 22.9 Å². The lowest BCUT2D eigenvalue weighted by atomic mass is 10.1. The van der Waals surface area contributed by atoms with Gasteiger partial charge in [-0.1, -0.05) is 48.5 Å². The monoisotopic (exact) mass is 450 g/mol. The lowest BCUT2D eigenvalue weighted by molar-refractivity contribution is -0.116. The zero-order valence-corrected chi connectivity index (χ0v) is 18.6. The Kier molecular flexibility index (Phi) is 5.84. The standard InChI is InChI=1S/C25H23FN2O3S/c1-17-11-12-18(2)22(13-17)27-25(29)15-28-14-24(20-8-4-6-10-23(20)28)32(30,31)16-19-7-3-5-9-21(19)26/h3-14H,15-16H2,1-2H3,(H,27,29). The number of hydrogen-bond acceptors (Lipinski definition) is 3. The minimum atomic E-state index is -3.84. The largest absolute Gasteiger partial charge is 0.337 e. The molecule has 0 atom stereocenters. The smallest absolute Gasteiger partial charge is 0.244 e. The van der Waals surface area contributed by atoms with Gasteiger partial charge in [0.2, 0.25) is 5.91 Å². The van der Waals surface area contributed by atoms with Gasteiger partial charge in [-0.15, -0.1) is 0 Å². The summed E-state index contributed by atoms with van der Waals surface area (Å²) in [5, 5.41) is 3.40. The number of benzene rings is 3. The summed E-state index contributed by atoms with van der Waals surface area (Å²) in [5.41, 5.74) is 3.42. The highest BCUT2D eigenvalue weighted by atomic mass is 32.2. The van der Waals surface area contributed by atoms with Crippen LogP contribution in [0.1, 0.15) is 16.7 Å². The third kappa shape index (κ3) is 4.43. The number of nitrogens with one attached hydrogen (secondary N) is 1. The number of sulfone groups is 1. The number of halogens is 1. The topological polar surface area (TPSA) is 68.2 Å². The van der Waals surface area contributed by atoms with Gasteiger partial charge in [-0.2, -0.15) is 0 Å². The number of amides is 1. The third-order valence-electron chi connectivity index (χ3n) is 5.37. The molecule has 7 heteroatoms. The van der Waals surface area contributed by atoms with E-state index in [1.807, 2.05) is 32.0 Å². The van der Waals surface area contributed by atoms with Crippen molar-refractivity contribution in [3.8, 4) is 0 Å². The number of anilines is 1. The molecule has 3 aromatic carbocycles. The van der Waals surface area contributed by atoms with Crippen LogP contribution in [0.25, 0.3) is 10.9 Å². The second-order valence-electron chi connectivity index (χ2n) is 7.86. The van der Waals surface area contributed by atoms with E-state index in [4.69, 9.17) is 0 Å². The molecule has 1 amide bonds. The summed E-state index contributed by atoms with van der Waals surface area (Å²) in [7, 11) is -3.84. The highest BCUT2D eigenvalue weighted by molar-refractivity contribution is 7.90. The number of carbonyl (C=O) groups is 1. The van der Waals surface area contributed by atoms with E-state index in [0.29, 0.717) is 10.9 Å². The molecule has 1 aromatic heterocycles. The van der Waals surface area contributed by atoms with E-state index >= 15 is 0 Å². The van der Waals surface area contributed by atoms with Crippen molar-refractivity contribution in [3.63, 3.8) is 0 Å². The Hall–Kier alpha value is -3.45. The number of hydrogen-bond donors (Lipinski definition) is 1. The van der Waals surface area contributed by atoms with Crippen molar-refractivity contribution in [2.75, 3.05) is 5.32 Å². The van der Waals surface area contributed by atoms with Crippen molar-refractivity contribution in [1.29, 1.82) is 0 Å². The normalized spacial score (nSPS) is 11.6. The molecular weight excluding hydrogens is 427 g/mol. The lowest BCUT2D eigenvalue weighted by Crippen LogP contribution is -2.19. The van der Waals surface area contributed by atoms with Crippen molar-refractivity contribution < 1.29 is 17.6 Å². The third-order valence-corrected chi connectivity index (χ3v) is 7.06. The number of rotatable bonds is 6. The molecule has 0 aliphatic rings. The van der Waals surface area contributed by atoms with Gasteiger partial charge in [0.15, 0.2) is 9.84 Å². The van der Waals surface area contributed by atoms with Crippen LogP contribution < -0.4 is 5.32 Å². The predicted octanol–water partition coefficient (Wildman–Crippen LogP) is 5.01. The molecule has 1 heterocycles.